The third-order valence-corrected chi connectivity index (χ3v) is 3.78. The number of hydrogen-bond donors (Lipinski definition) is 0. The highest BCUT2D eigenvalue weighted by Gasteiger charge is 2.28. The Hall–Kier alpha value is -1.25. The monoisotopic (exact) mass is 279 g/mol. The van der Waals surface area contributed by atoms with Gasteiger partial charge in [0.15, 0.2) is 0 Å². The first-order valence-corrected chi connectivity index (χ1v) is 7.60. The van der Waals surface area contributed by atoms with E-state index >= 15 is 0 Å². The number of nitrogens with zero attached hydrogens (tertiary/aromatic N) is 1. The number of likely N-dealkylation sites (tertiary alicyclic amines) is 1. The van der Waals surface area contributed by atoms with Crippen LogP contribution in [0.4, 0.5) is 4.79 Å². The quantitative estimate of drug-likeness (QED) is 0.709. The number of hydrogen-bond acceptors (Lipinski definition) is 2. The molecule has 0 radical (unpaired) electrons. The van der Waals surface area contributed by atoms with Gasteiger partial charge in [0.1, 0.15) is 5.60 Å². The van der Waals surface area contributed by atoms with Crippen molar-refractivity contribution in [3.8, 4) is 0 Å². The van der Waals surface area contributed by atoms with Gasteiger partial charge in [0.05, 0.1) is 0 Å². The van der Waals surface area contributed by atoms with Crippen LogP contribution in [0.25, 0.3) is 0 Å². The Kier molecular flexibility index (Phi) is 5.85. The summed E-state index contributed by atoms with van der Waals surface area (Å²) in [5.41, 5.74) is 2.18. The first-order valence-electron chi connectivity index (χ1n) is 7.60. The number of carbonyl (C=O) groups is 1. The molecule has 1 heterocycles. The molecular formula is C17H29NO2. The van der Waals surface area contributed by atoms with Crippen LogP contribution in [0, 0.1) is 5.92 Å². The number of rotatable bonds is 3. The molecule has 0 aromatic rings. The predicted octanol–water partition coefficient (Wildman–Crippen LogP) is 4.55. The van der Waals surface area contributed by atoms with E-state index in [1.807, 2.05) is 25.7 Å². The molecule has 0 aromatic carbocycles. The molecule has 1 amide bonds. The van der Waals surface area contributed by atoms with Crippen molar-refractivity contribution in [1.82, 2.24) is 4.90 Å². The Labute approximate surface area is 123 Å². The van der Waals surface area contributed by atoms with E-state index in [9.17, 15) is 4.79 Å². The van der Waals surface area contributed by atoms with Crippen LogP contribution in [0.3, 0.4) is 0 Å². The summed E-state index contributed by atoms with van der Waals surface area (Å²) in [5, 5.41) is 0. The summed E-state index contributed by atoms with van der Waals surface area (Å²) in [6, 6.07) is 0. The second-order valence-electron chi connectivity index (χ2n) is 6.43. The Balaban J connectivity index is 2.52. The summed E-state index contributed by atoms with van der Waals surface area (Å²) in [4.78, 5) is 13.8. The molecule has 0 aliphatic carbocycles. The molecule has 1 aliphatic rings. The molecule has 0 saturated carbocycles. The van der Waals surface area contributed by atoms with Crippen molar-refractivity contribution in [2.45, 2.75) is 59.5 Å². The molecule has 0 spiro atoms. The molecule has 1 fully saturated rings. The lowest BCUT2D eigenvalue weighted by molar-refractivity contribution is 0.0195. The molecular weight excluding hydrogens is 250 g/mol. The van der Waals surface area contributed by atoms with Gasteiger partial charge in [0.2, 0.25) is 0 Å². The van der Waals surface area contributed by atoms with Gasteiger partial charge in [0.25, 0.3) is 0 Å². The van der Waals surface area contributed by atoms with Gasteiger partial charge in [0, 0.05) is 13.1 Å². The van der Waals surface area contributed by atoms with Crippen molar-refractivity contribution in [2.24, 2.45) is 5.92 Å². The third kappa shape index (κ3) is 4.69. The molecule has 20 heavy (non-hydrogen) atoms. The van der Waals surface area contributed by atoms with Crippen LogP contribution < -0.4 is 0 Å². The van der Waals surface area contributed by atoms with Crippen molar-refractivity contribution < 1.29 is 9.53 Å². The highest BCUT2D eigenvalue weighted by atomic mass is 16.6. The molecule has 1 aliphatic heterocycles. The van der Waals surface area contributed by atoms with Gasteiger partial charge < -0.3 is 9.64 Å². The zero-order valence-corrected chi connectivity index (χ0v) is 13.7. The van der Waals surface area contributed by atoms with Crippen LogP contribution in [0.1, 0.15) is 53.9 Å². The fourth-order valence-electron chi connectivity index (χ4n) is 2.62. The molecule has 0 aromatic heterocycles. The molecule has 0 unspecified atom stereocenters. The summed E-state index contributed by atoms with van der Waals surface area (Å²) < 4.78 is 5.42. The Morgan fingerprint density at radius 2 is 1.90 bits per heavy atom. The highest BCUT2D eigenvalue weighted by molar-refractivity contribution is 5.68. The molecule has 114 valence electrons. The molecule has 3 nitrogen and oxygen atoms in total. The summed E-state index contributed by atoms with van der Waals surface area (Å²) in [6.45, 7) is 15.7. The van der Waals surface area contributed by atoms with Crippen LogP contribution in [0.2, 0.25) is 0 Å². The highest BCUT2D eigenvalue weighted by Crippen LogP contribution is 2.30. The molecule has 0 N–H and O–H groups in total. The van der Waals surface area contributed by atoms with E-state index in [4.69, 9.17) is 4.74 Å². The topological polar surface area (TPSA) is 29.5 Å². The van der Waals surface area contributed by atoms with Crippen LogP contribution in [-0.2, 0) is 4.74 Å². The summed E-state index contributed by atoms with van der Waals surface area (Å²) >= 11 is 0. The fourth-order valence-corrected chi connectivity index (χ4v) is 2.62. The molecule has 0 bridgehead atoms. The van der Waals surface area contributed by atoms with Gasteiger partial charge in [-0.1, -0.05) is 19.6 Å². The minimum Gasteiger partial charge on any atom is -0.444 e. The van der Waals surface area contributed by atoms with Crippen molar-refractivity contribution in [3.05, 3.63) is 23.8 Å². The third-order valence-electron chi connectivity index (χ3n) is 3.78. The number of carbonyl (C=O) groups excluding carboxylic acids is 1. The maximum atomic E-state index is 12.0. The van der Waals surface area contributed by atoms with Crippen molar-refractivity contribution >= 4 is 6.09 Å². The van der Waals surface area contributed by atoms with E-state index in [2.05, 4.69) is 26.5 Å². The first-order chi connectivity index (χ1) is 9.28. The summed E-state index contributed by atoms with van der Waals surface area (Å²) in [5.74, 6) is 0.500. The average Bonchev–Trinajstić information content (AvgIpc) is 2.38. The Morgan fingerprint density at radius 1 is 1.35 bits per heavy atom. The normalized spacial score (nSPS) is 18.1. The lowest BCUT2D eigenvalue weighted by Gasteiger charge is -2.34. The Bertz CT molecular complexity index is 382. The smallest absolute Gasteiger partial charge is 0.410 e. The average molecular weight is 279 g/mol. The van der Waals surface area contributed by atoms with Crippen LogP contribution in [0.5, 0.6) is 0 Å². The molecule has 0 atom stereocenters. The molecule has 1 rings (SSSR count). The second-order valence-corrected chi connectivity index (χ2v) is 6.43. The van der Waals surface area contributed by atoms with Gasteiger partial charge in [-0.05, 0) is 64.0 Å². The van der Waals surface area contributed by atoms with Crippen LogP contribution >= 0.6 is 0 Å². The fraction of sp³-hybridized carbons (Fsp3) is 0.706. The van der Waals surface area contributed by atoms with Crippen molar-refractivity contribution in [2.75, 3.05) is 13.1 Å². The standard InChI is InChI=1S/C17H29NO2/c1-7-14(8-2)13(3)15-9-11-18(12-10-15)16(19)20-17(4,5)6/h7,15H,3,8-12H2,1-2,4-6H3/b14-7+. The SMILES string of the molecule is C=C(/C(=C/C)CC)C1CCN(C(=O)OC(C)(C)C)CC1. The second kappa shape index (κ2) is 6.96. The van der Waals surface area contributed by atoms with Gasteiger partial charge in [-0.2, -0.15) is 0 Å². The zero-order valence-electron chi connectivity index (χ0n) is 13.7. The number of allylic oxidation sites excluding steroid dienone is 3. The van der Waals surface area contributed by atoms with Gasteiger partial charge in [-0.25, -0.2) is 4.79 Å². The molecule has 3 heteroatoms. The van der Waals surface area contributed by atoms with E-state index in [1.165, 1.54) is 11.1 Å². The lowest BCUT2D eigenvalue weighted by Crippen LogP contribution is -2.42. The van der Waals surface area contributed by atoms with E-state index in [0.717, 1.165) is 32.4 Å². The first kappa shape index (κ1) is 16.8. The van der Waals surface area contributed by atoms with Gasteiger partial charge in [-0.15, -0.1) is 0 Å². The molecule has 1 saturated heterocycles. The number of ether oxygens (including phenoxy) is 1. The van der Waals surface area contributed by atoms with Crippen molar-refractivity contribution in [1.29, 1.82) is 0 Å². The number of amides is 1. The maximum absolute atomic E-state index is 12.0. The summed E-state index contributed by atoms with van der Waals surface area (Å²) in [6.07, 6.45) is 4.96. The maximum Gasteiger partial charge on any atom is 0.410 e. The van der Waals surface area contributed by atoms with E-state index in [1.54, 1.807) is 0 Å². The minimum absolute atomic E-state index is 0.191. The summed E-state index contributed by atoms with van der Waals surface area (Å²) in [7, 11) is 0. The minimum atomic E-state index is -0.419. The lowest BCUT2D eigenvalue weighted by atomic mass is 9.85. The van der Waals surface area contributed by atoms with Crippen LogP contribution in [-0.4, -0.2) is 29.7 Å². The number of piperidine rings is 1. The van der Waals surface area contributed by atoms with Crippen LogP contribution in [0.15, 0.2) is 23.8 Å². The van der Waals surface area contributed by atoms with Gasteiger partial charge >= 0.3 is 6.09 Å². The van der Waals surface area contributed by atoms with Gasteiger partial charge in [-0.3, -0.25) is 0 Å². The van der Waals surface area contributed by atoms with E-state index in [0.29, 0.717) is 5.92 Å². The zero-order chi connectivity index (χ0) is 15.3. The Morgan fingerprint density at radius 3 is 2.30 bits per heavy atom. The largest absolute Gasteiger partial charge is 0.444 e. The van der Waals surface area contributed by atoms with E-state index in [-0.39, 0.29) is 6.09 Å². The van der Waals surface area contributed by atoms with E-state index < -0.39 is 5.60 Å². The predicted molar refractivity (Wildman–Crippen MR) is 83.7 cm³/mol. The van der Waals surface area contributed by atoms with Crippen molar-refractivity contribution in [3.63, 3.8) is 0 Å².